The molecule has 1 N–H and O–H groups in total. The van der Waals surface area contributed by atoms with E-state index in [0.717, 1.165) is 4.70 Å². The molecule has 0 fully saturated rings. The number of amides is 1. The van der Waals surface area contributed by atoms with Crippen LogP contribution >= 0.6 is 11.3 Å². The summed E-state index contributed by atoms with van der Waals surface area (Å²) in [7, 11) is 0. The SMILES string of the molecule is CCOc1ccc(NC(=O)c2cc3cc([N+](=O)[O-])ccc3s2)cc1OCC. The molecule has 1 heterocycles. The first-order valence-corrected chi connectivity index (χ1v) is 9.22. The first-order chi connectivity index (χ1) is 13.0. The van der Waals surface area contributed by atoms with E-state index in [1.54, 1.807) is 30.3 Å². The lowest BCUT2D eigenvalue weighted by molar-refractivity contribution is -0.384. The minimum absolute atomic E-state index is 0.000118. The number of nitro groups is 1. The van der Waals surface area contributed by atoms with Crippen LogP contribution in [-0.4, -0.2) is 24.0 Å². The Hall–Kier alpha value is -3.13. The summed E-state index contributed by atoms with van der Waals surface area (Å²) in [6, 6.07) is 11.4. The van der Waals surface area contributed by atoms with Gasteiger partial charge in [-0.1, -0.05) is 0 Å². The van der Waals surface area contributed by atoms with Gasteiger partial charge in [0.15, 0.2) is 11.5 Å². The highest BCUT2D eigenvalue weighted by Crippen LogP contribution is 2.32. The molecular weight excluding hydrogens is 368 g/mol. The van der Waals surface area contributed by atoms with Crippen molar-refractivity contribution in [2.75, 3.05) is 18.5 Å². The number of nitrogens with zero attached hydrogens (tertiary/aromatic N) is 1. The van der Waals surface area contributed by atoms with E-state index in [2.05, 4.69) is 5.32 Å². The molecule has 140 valence electrons. The Kier molecular flexibility index (Phi) is 5.56. The molecule has 0 aliphatic rings. The van der Waals surface area contributed by atoms with Gasteiger partial charge in [0.1, 0.15) is 0 Å². The second-order valence-corrected chi connectivity index (χ2v) is 6.66. The fourth-order valence-electron chi connectivity index (χ4n) is 2.58. The van der Waals surface area contributed by atoms with Gasteiger partial charge in [0.25, 0.3) is 11.6 Å². The van der Waals surface area contributed by atoms with Crippen LogP contribution in [0.15, 0.2) is 42.5 Å². The number of anilines is 1. The van der Waals surface area contributed by atoms with Crippen molar-refractivity contribution in [2.24, 2.45) is 0 Å². The number of rotatable bonds is 7. The topological polar surface area (TPSA) is 90.7 Å². The fourth-order valence-corrected chi connectivity index (χ4v) is 3.52. The second-order valence-electron chi connectivity index (χ2n) is 5.57. The lowest BCUT2D eigenvalue weighted by Crippen LogP contribution is -2.10. The molecule has 0 saturated carbocycles. The van der Waals surface area contributed by atoms with E-state index in [0.29, 0.717) is 40.7 Å². The quantitative estimate of drug-likeness (QED) is 0.462. The van der Waals surface area contributed by atoms with Crippen LogP contribution in [0.4, 0.5) is 11.4 Å². The van der Waals surface area contributed by atoms with Gasteiger partial charge in [0.2, 0.25) is 0 Å². The van der Waals surface area contributed by atoms with Crippen molar-refractivity contribution in [1.29, 1.82) is 0 Å². The zero-order valence-corrected chi connectivity index (χ0v) is 15.7. The number of benzene rings is 2. The van der Waals surface area contributed by atoms with Crippen LogP contribution in [0.1, 0.15) is 23.5 Å². The van der Waals surface area contributed by atoms with E-state index >= 15 is 0 Å². The first kappa shape index (κ1) is 18.7. The molecule has 0 saturated heterocycles. The highest BCUT2D eigenvalue weighted by molar-refractivity contribution is 7.20. The number of carbonyl (C=O) groups is 1. The largest absolute Gasteiger partial charge is 0.490 e. The molecule has 0 unspecified atom stereocenters. The van der Waals surface area contributed by atoms with Gasteiger partial charge < -0.3 is 14.8 Å². The van der Waals surface area contributed by atoms with E-state index in [1.807, 2.05) is 13.8 Å². The lowest BCUT2D eigenvalue weighted by Gasteiger charge is -2.12. The van der Waals surface area contributed by atoms with E-state index in [1.165, 1.54) is 23.5 Å². The average molecular weight is 386 g/mol. The van der Waals surface area contributed by atoms with Gasteiger partial charge >= 0.3 is 0 Å². The Bertz CT molecular complexity index is 999. The van der Waals surface area contributed by atoms with Gasteiger partial charge in [-0.2, -0.15) is 0 Å². The third-order valence-corrected chi connectivity index (χ3v) is 4.85. The third kappa shape index (κ3) is 4.17. The van der Waals surface area contributed by atoms with Crippen molar-refractivity contribution >= 4 is 38.7 Å². The van der Waals surface area contributed by atoms with Gasteiger partial charge in [-0.05, 0) is 38.1 Å². The lowest BCUT2D eigenvalue weighted by atomic mass is 10.2. The van der Waals surface area contributed by atoms with Crippen LogP contribution in [0.3, 0.4) is 0 Å². The number of fused-ring (bicyclic) bond motifs is 1. The number of nitrogens with one attached hydrogen (secondary N) is 1. The number of non-ortho nitro benzene ring substituents is 1. The van der Waals surface area contributed by atoms with E-state index in [9.17, 15) is 14.9 Å². The van der Waals surface area contributed by atoms with E-state index < -0.39 is 4.92 Å². The van der Waals surface area contributed by atoms with Crippen LogP contribution in [-0.2, 0) is 0 Å². The minimum Gasteiger partial charge on any atom is -0.490 e. The van der Waals surface area contributed by atoms with Crippen LogP contribution in [0, 0.1) is 10.1 Å². The molecule has 27 heavy (non-hydrogen) atoms. The van der Waals surface area contributed by atoms with Crippen LogP contribution < -0.4 is 14.8 Å². The summed E-state index contributed by atoms with van der Waals surface area (Å²) in [5.74, 6) is 0.890. The third-order valence-electron chi connectivity index (χ3n) is 3.74. The molecule has 0 radical (unpaired) electrons. The van der Waals surface area contributed by atoms with Crippen molar-refractivity contribution in [1.82, 2.24) is 0 Å². The number of hydrogen-bond acceptors (Lipinski definition) is 6. The van der Waals surface area contributed by atoms with Crippen molar-refractivity contribution in [3.8, 4) is 11.5 Å². The Morgan fingerprint density at radius 2 is 1.81 bits per heavy atom. The Morgan fingerprint density at radius 1 is 1.07 bits per heavy atom. The molecule has 0 atom stereocenters. The molecule has 1 amide bonds. The summed E-state index contributed by atoms with van der Waals surface area (Å²) >= 11 is 1.28. The molecule has 7 nitrogen and oxygen atoms in total. The number of hydrogen-bond donors (Lipinski definition) is 1. The van der Waals surface area contributed by atoms with E-state index in [-0.39, 0.29) is 11.6 Å². The van der Waals surface area contributed by atoms with Crippen molar-refractivity contribution in [2.45, 2.75) is 13.8 Å². The van der Waals surface area contributed by atoms with Crippen LogP contribution in [0.2, 0.25) is 0 Å². The molecule has 2 aromatic carbocycles. The van der Waals surface area contributed by atoms with Crippen LogP contribution in [0.25, 0.3) is 10.1 Å². The molecule has 0 aliphatic heterocycles. The summed E-state index contributed by atoms with van der Waals surface area (Å²) in [4.78, 5) is 23.5. The molecule has 0 aliphatic carbocycles. The van der Waals surface area contributed by atoms with Gasteiger partial charge in [-0.3, -0.25) is 14.9 Å². The number of nitro benzene ring substituents is 1. The maximum absolute atomic E-state index is 12.6. The number of ether oxygens (including phenoxy) is 2. The van der Waals surface area contributed by atoms with Gasteiger partial charge in [-0.15, -0.1) is 11.3 Å². The molecular formula is C19H18N2O5S. The highest BCUT2D eigenvalue weighted by atomic mass is 32.1. The normalized spacial score (nSPS) is 10.6. The maximum atomic E-state index is 12.6. The fraction of sp³-hybridized carbons (Fsp3) is 0.211. The zero-order chi connectivity index (χ0) is 19.4. The Morgan fingerprint density at radius 3 is 2.52 bits per heavy atom. The minimum atomic E-state index is -0.452. The van der Waals surface area contributed by atoms with Gasteiger partial charge in [-0.25, -0.2) is 0 Å². The van der Waals surface area contributed by atoms with Crippen molar-refractivity contribution in [3.05, 3.63) is 57.5 Å². The van der Waals surface area contributed by atoms with Crippen molar-refractivity contribution in [3.63, 3.8) is 0 Å². The number of carbonyl (C=O) groups excluding carboxylic acids is 1. The summed E-state index contributed by atoms with van der Waals surface area (Å²) in [5, 5.41) is 14.4. The van der Waals surface area contributed by atoms with Crippen molar-refractivity contribution < 1.29 is 19.2 Å². The summed E-state index contributed by atoms with van der Waals surface area (Å²) in [6.45, 7) is 4.75. The Labute approximate surface area is 159 Å². The molecule has 0 spiro atoms. The molecule has 0 bridgehead atoms. The average Bonchev–Trinajstić information content (AvgIpc) is 3.07. The smallest absolute Gasteiger partial charge is 0.270 e. The molecule has 3 rings (SSSR count). The van der Waals surface area contributed by atoms with E-state index in [4.69, 9.17) is 9.47 Å². The van der Waals surface area contributed by atoms with Gasteiger partial charge in [0, 0.05) is 34.0 Å². The second kappa shape index (κ2) is 8.05. The van der Waals surface area contributed by atoms with Crippen LogP contribution in [0.5, 0.6) is 11.5 Å². The predicted molar refractivity (Wildman–Crippen MR) is 105 cm³/mol. The monoisotopic (exact) mass is 386 g/mol. The summed E-state index contributed by atoms with van der Waals surface area (Å²) in [6.07, 6.45) is 0. The molecule has 3 aromatic rings. The standard InChI is InChI=1S/C19H18N2O5S/c1-3-25-15-7-5-13(11-16(15)26-4-2)20-19(22)18-10-12-9-14(21(23)24)6-8-17(12)27-18/h5-11H,3-4H2,1-2H3,(H,20,22). The number of thiophene rings is 1. The molecule has 8 heteroatoms. The summed E-state index contributed by atoms with van der Waals surface area (Å²) < 4.78 is 11.9. The first-order valence-electron chi connectivity index (χ1n) is 8.40. The molecule has 1 aromatic heterocycles. The maximum Gasteiger partial charge on any atom is 0.270 e. The highest BCUT2D eigenvalue weighted by Gasteiger charge is 2.14. The Balaban J connectivity index is 1.83. The zero-order valence-electron chi connectivity index (χ0n) is 14.9. The summed E-state index contributed by atoms with van der Waals surface area (Å²) in [5.41, 5.74) is 0.579. The van der Waals surface area contributed by atoms with Gasteiger partial charge in [0.05, 0.1) is 23.0 Å². The predicted octanol–water partition coefficient (Wildman–Crippen LogP) is 4.86.